The van der Waals surface area contributed by atoms with E-state index < -0.39 is 74.7 Å². The molecule has 4 rings (SSSR count). The molecule has 3 aromatic rings. The van der Waals surface area contributed by atoms with Crippen molar-refractivity contribution in [1.29, 1.82) is 0 Å². The van der Waals surface area contributed by atoms with Crippen molar-refractivity contribution in [2.24, 2.45) is 4.99 Å². The second kappa shape index (κ2) is 26.0. The van der Waals surface area contributed by atoms with Gasteiger partial charge in [-0.15, -0.1) is 0 Å². The maximum Gasteiger partial charge on any atom is 0.355 e. The molecule has 23 heteroatoms. The second-order valence-corrected chi connectivity index (χ2v) is 23.0. The van der Waals surface area contributed by atoms with Crippen molar-refractivity contribution in [3.8, 4) is 0 Å². The molecule has 1 aliphatic rings. The summed E-state index contributed by atoms with van der Waals surface area (Å²) in [7, 11) is 7.11. The smallest absolute Gasteiger partial charge is 0.355 e. The number of carbonyl (C=O) groups is 8. The predicted octanol–water partition coefficient (Wildman–Crippen LogP) is 6.33. The Morgan fingerprint density at radius 3 is 1.55 bits per heavy atom. The zero-order valence-electron chi connectivity index (χ0n) is 38.6. The number of halogens is 4. The van der Waals surface area contributed by atoms with Crippen molar-refractivity contribution in [3.63, 3.8) is 0 Å². The van der Waals surface area contributed by atoms with Crippen LogP contribution in [0.1, 0.15) is 92.3 Å². The molecule has 1 aromatic carbocycles. The first-order valence-electron chi connectivity index (χ1n) is 21.0. The monoisotopic (exact) mass is 1170 g/mol. The molecule has 19 nitrogen and oxygen atoms in total. The summed E-state index contributed by atoms with van der Waals surface area (Å²) in [6.45, 7) is -0.406. The Morgan fingerprint density at radius 2 is 1.03 bits per heavy atom. The number of allylic oxidation sites excluding steroid dienone is 1. The van der Waals surface area contributed by atoms with Crippen LogP contribution in [0.2, 0.25) is 0 Å². The summed E-state index contributed by atoms with van der Waals surface area (Å²) in [6, 6.07) is 8.84. The fourth-order valence-corrected chi connectivity index (χ4v) is 8.46. The summed E-state index contributed by atoms with van der Waals surface area (Å²) < 4.78 is 40.4. The molecule has 0 saturated heterocycles. The van der Waals surface area contributed by atoms with Crippen molar-refractivity contribution >= 4 is 112 Å². The van der Waals surface area contributed by atoms with Gasteiger partial charge in [-0.3, -0.25) is 33.8 Å². The standard InChI is InChI=1S/C46H51Br3ClN3O16/c1-62-34(54)15-12-26-30(19-38(58)66-5)41(43(60)68-23-25-10-8-7-9-11-25)51-32(26)21-45(31(20-39(59)67-6)28(42(50)53-45)14-17-36(56)64-3)22-33-29(18-37(57)65-4)27(13-16-35(55)63-2)40(52-33)44(61)69-24-46(47,48)49/h7-11,51-52H,12-24H2,1-6H3. The number of esters is 8. The predicted molar refractivity (Wildman–Crippen MR) is 257 cm³/mol. The number of aromatic nitrogens is 2. The Labute approximate surface area is 427 Å². The lowest BCUT2D eigenvalue weighted by Crippen LogP contribution is -2.36. The third-order valence-corrected chi connectivity index (χ3v) is 12.1. The van der Waals surface area contributed by atoms with Crippen LogP contribution in [0.4, 0.5) is 0 Å². The van der Waals surface area contributed by atoms with E-state index in [2.05, 4.69) is 57.8 Å². The summed E-state index contributed by atoms with van der Waals surface area (Å²) in [4.78, 5) is 117. The average molecular weight is 1180 g/mol. The Bertz CT molecular complexity index is 2480. The van der Waals surface area contributed by atoms with E-state index in [1.54, 1.807) is 30.3 Å². The largest absolute Gasteiger partial charge is 0.469 e. The third-order valence-electron chi connectivity index (χ3n) is 11.1. The van der Waals surface area contributed by atoms with Gasteiger partial charge in [-0.2, -0.15) is 0 Å². The minimum absolute atomic E-state index is 0.0806. The molecule has 1 unspecified atom stereocenters. The Hall–Kier alpha value is -5.32. The number of nitrogens with one attached hydrogen (secondary N) is 2. The SMILES string of the molecule is COC(=O)CCC1=C(CC(=O)OC)C(Cc2[nH]c(C(=O)OCC(Br)(Br)Br)c(CCC(=O)OC)c2CC(=O)OC)(Cc2[nH]c(C(=O)OCc3ccccc3)c(CC(=O)OC)c2CCC(=O)OC)N=C1Cl. The van der Waals surface area contributed by atoms with Gasteiger partial charge in [-0.25, -0.2) is 9.59 Å². The molecule has 0 bridgehead atoms. The van der Waals surface area contributed by atoms with E-state index >= 15 is 0 Å². The van der Waals surface area contributed by atoms with E-state index in [4.69, 9.17) is 54.5 Å². The first kappa shape index (κ1) is 56.3. The average Bonchev–Trinajstić information content (AvgIpc) is 3.93. The van der Waals surface area contributed by atoms with E-state index in [1.807, 2.05) is 0 Å². The number of H-pyrrole nitrogens is 2. The van der Waals surface area contributed by atoms with Gasteiger partial charge in [0.15, 0.2) is 2.14 Å². The zero-order valence-corrected chi connectivity index (χ0v) is 44.1. The number of methoxy groups -OCH3 is 6. The molecular weight excluding hydrogens is 1130 g/mol. The van der Waals surface area contributed by atoms with Crippen LogP contribution < -0.4 is 0 Å². The van der Waals surface area contributed by atoms with Crippen molar-refractivity contribution in [3.05, 3.63) is 92.1 Å². The second-order valence-electron chi connectivity index (χ2n) is 15.4. The minimum Gasteiger partial charge on any atom is -0.469 e. The van der Waals surface area contributed by atoms with Crippen LogP contribution in [-0.2, 0) is 112 Å². The van der Waals surface area contributed by atoms with Gasteiger partial charge in [0, 0.05) is 43.5 Å². The number of rotatable bonds is 24. The number of alkyl halides is 3. The molecule has 2 aromatic heterocycles. The Kier molecular flexibility index (Phi) is 21.2. The molecular formula is C46H51Br3ClN3O16. The van der Waals surface area contributed by atoms with Gasteiger partial charge >= 0.3 is 47.8 Å². The molecule has 2 N–H and O–H groups in total. The number of ether oxygens (including phenoxy) is 8. The highest BCUT2D eigenvalue weighted by molar-refractivity contribution is 9.39. The van der Waals surface area contributed by atoms with Gasteiger partial charge in [0.1, 0.15) is 29.8 Å². The number of benzene rings is 1. The molecule has 1 atom stereocenters. The number of aromatic amines is 2. The normalized spacial score (nSPS) is 14.4. The molecule has 0 amide bonds. The van der Waals surface area contributed by atoms with Gasteiger partial charge in [0.25, 0.3) is 0 Å². The highest BCUT2D eigenvalue weighted by atomic mass is 80.0. The van der Waals surface area contributed by atoms with E-state index in [-0.39, 0.29) is 120 Å². The summed E-state index contributed by atoms with van der Waals surface area (Å²) in [5, 5.41) is -0.118. The quantitative estimate of drug-likeness (QED) is 0.0565. The number of nitrogens with zero attached hydrogens (tertiary/aromatic N) is 1. The van der Waals surface area contributed by atoms with Crippen molar-refractivity contribution in [2.45, 2.75) is 84.9 Å². The van der Waals surface area contributed by atoms with Crippen LogP contribution in [0.5, 0.6) is 0 Å². The molecule has 3 heterocycles. The molecule has 69 heavy (non-hydrogen) atoms. The first-order chi connectivity index (χ1) is 32.7. The summed E-state index contributed by atoms with van der Waals surface area (Å²) in [6.07, 6.45) is -2.95. The number of hydrogen-bond acceptors (Lipinski definition) is 17. The lowest BCUT2D eigenvalue weighted by Gasteiger charge is -2.31. The van der Waals surface area contributed by atoms with E-state index in [0.717, 1.165) is 0 Å². The van der Waals surface area contributed by atoms with Crippen molar-refractivity contribution in [1.82, 2.24) is 9.97 Å². The third kappa shape index (κ3) is 15.6. The van der Waals surface area contributed by atoms with E-state index in [0.29, 0.717) is 11.1 Å². The molecule has 0 fully saturated rings. The number of carbonyl (C=O) groups excluding carboxylic acids is 8. The van der Waals surface area contributed by atoms with Crippen LogP contribution in [0, 0.1) is 0 Å². The molecule has 1 aliphatic heterocycles. The van der Waals surface area contributed by atoms with Crippen LogP contribution in [0.15, 0.2) is 46.5 Å². The van der Waals surface area contributed by atoms with Crippen LogP contribution in [0.3, 0.4) is 0 Å². The summed E-state index contributed by atoms with van der Waals surface area (Å²) >= 11 is 17.0. The summed E-state index contributed by atoms with van der Waals surface area (Å²) in [5.41, 5.74) is 0.393. The maximum atomic E-state index is 14.1. The van der Waals surface area contributed by atoms with Crippen LogP contribution >= 0.6 is 59.4 Å². The van der Waals surface area contributed by atoms with Crippen LogP contribution in [-0.4, -0.2) is 120 Å². The van der Waals surface area contributed by atoms with Gasteiger partial charge < -0.3 is 47.9 Å². The fourth-order valence-electron chi connectivity index (χ4n) is 7.75. The van der Waals surface area contributed by atoms with Crippen LogP contribution in [0.25, 0.3) is 0 Å². The van der Waals surface area contributed by atoms with Gasteiger partial charge in [0.05, 0.1) is 67.5 Å². The van der Waals surface area contributed by atoms with Gasteiger partial charge in [-0.1, -0.05) is 89.7 Å². The molecule has 0 aliphatic carbocycles. The zero-order chi connectivity index (χ0) is 51.1. The molecule has 374 valence electrons. The molecule has 0 saturated carbocycles. The minimum atomic E-state index is -1.73. The van der Waals surface area contributed by atoms with Gasteiger partial charge in [0.2, 0.25) is 0 Å². The lowest BCUT2D eigenvalue weighted by molar-refractivity contribution is -0.141. The lowest BCUT2D eigenvalue weighted by atomic mass is 9.77. The van der Waals surface area contributed by atoms with Gasteiger partial charge in [-0.05, 0) is 58.2 Å². The van der Waals surface area contributed by atoms with Crippen molar-refractivity contribution in [2.75, 3.05) is 49.3 Å². The highest BCUT2D eigenvalue weighted by Crippen LogP contribution is 2.45. The Morgan fingerprint density at radius 1 is 0.580 bits per heavy atom. The summed E-state index contributed by atoms with van der Waals surface area (Å²) in [5.74, 6) is -5.82. The van der Waals surface area contributed by atoms with E-state index in [1.165, 1.54) is 42.7 Å². The number of hydrogen-bond donors (Lipinski definition) is 2. The topological polar surface area (TPSA) is 254 Å². The first-order valence-corrected chi connectivity index (χ1v) is 23.8. The molecule has 0 spiro atoms. The molecule has 0 radical (unpaired) electrons. The Balaban J connectivity index is 2.12. The van der Waals surface area contributed by atoms with Crippen molar-refractivity contribution < 1.29 is 76.3 Å². The number of aliphatic imine (C=N–C) groups is 1. The highest BCUT2D eigenvalue weighted by Gasteiger charge is 2.46. The van der Waals surface area contributed by atoms with E-state index in [9.17, 15) is 38.4 Å². The maximum absolute atomic E-state index is 14.1. The fraction of sp³-hybridized carbons (Fsp3) is 0.457.